The monoisotopic (exact) mass is 736 g/mol. The second-order valence-corrected chi connectivity index (χ2v) is 14.9. The normalized spacial score (nSPS) is 13.1. The minimum Gasteiger partial charge on any atom is -0.494 e. The summed E-state index contributed by atoms with van der Waals surface area (Å²) in [5.41, 5.74) is 4.47. The van der Waals surface area contributed by atoms with Crippen LogP contribution in [0.5, 0.6) is 5.75 Å². The average molecular weight is 737 g/mol. The van der Waals surface area contributed by atoms with E-state index in [2.05, 4.69) is 38.1 Å². The van der Waals surface area contributed by atoms with Crippen LogP contribution in [0.15, 0.2) is 53.4 Å². The zero-order chi connectivity index (χ0) is 37.7. The number of fused-ring (bicyclic) bond motifs is 1. The molecule has 0 bridgehead atoms. The molecule has 1 aromatic heterocycles. The van der Waals surface area contributed by atoms with Crippen molar-refractivity contribution < 1.29 is 32.3 Å². The molecule has 0 fully saturated rings. The van der Waals surface area contributed by atoms with Crippen LogP contribution in [0.25, 0.3) is 0 Å². The first-order valence-corrected chi connectivity index (χ1v) is 19.3. The minimum atomic E-state index is -4.22. The van der Waals surface area contributed by atoms with E-state index < -0.39 is 27.9 Å². The maximum Gasteiger partial charge on any atom is 0.325 e. The number of anilines is 1. The van der Waals surface area contributed by atoms with Gasteiger partial charge >= 0.3 is 5.97 Å². The molecule has 0 radical (unpaired) electrons. The van der Waals surface area contributed by atoms with Crippen LogP contribution in [-0.4, -0.2) is 83.2 Å². The Morgan fingerprint density at radius 3 is 2.38 bits per heavy atom. The van der Waals surface area contributed by atoms with Crippen LogP contribution in [0.4, 0.5) is 5.82 Å². The van der Waals surface area contributed by atoms with Crippen LogP contribution in [0, 0.1) is 13.8 Å². The summed E-state index contributed by atoms with van der Waals surface area (Å²) in [5, 5.41) is 12.1. The third-order valence-corrected chi connectivity index (χ3v) is 10.4. The van der Waals surface area contributed by atoms with Gasteiger partial charge in [0.05, 0.1) is 18.6 Å². The van der Waals surface area contributed by atoms with Gasteiger partial charge in [-0.25, -0.2) is 13.4 Å². The first-order valence-electron chi connectivity index (χ1n) is 17.8. The zero-order valence-corrected chi connectivity index (χ0v) is 31.6. The number of aryl methyl sites for hydroxylation is 5. The number of sulfonamides is 1. The summed E-state index contributed by atoms with van der Waals surface area (Å²) in [6.45, 7) is 9.47. The molecule has 0 saturated carbocycles. The smallest absolute Gasteiger partial charge is 0.325 e. The Bertz CT molecular complexity index is 1770. The zero-order valence-electron chi connectivity index (χ0n) is 30.8. The number of ether oxygens (including phenoxy) is 2. The van der Waals surface area contributed by atoms with Crippen LogP contribution in [0.3, 0.4) is 0 Å². The van der Waals surface area contributed by atoms with Gasteiger partial charge in [0, 0.05) is 49.9 Å². The fraction of sp³-hybridized carbons (Fsp3) is 0.474. The van der Waals surface area contributed by atoms with Gasteiger partial charge in [-0.3, -0.25) is 14.4 Å². The molecular formula is C38H52N6O7S. The number of nitrogens with zero attached hydrogens (tertiary/aromatic N) is 1. The van der Waals surface area contributed by atoms with E-state index in [1.165, 1.54) is 5.56 Å². The fourth-order valence-electron chi connectivity index (χ4n) is 5.95. The number of aromatic nitrogens is 1. The number of hydrogen-bond acceptors (Lipinski definition) is 10. The second kappa shape index (κ2) is 19.3. The number of amides is 2. The van der Waals surface area contributed by atoms with Crippen LogP contribution in [0.2, 0.25) is 0 Å². The molecule has 52 heavy (non-hydrogen) atoms. The molecular weight excluding hydrogens is 685 g/mol. The van der Waals surface area contributed by atoms with Crippen molar-refractivity contribution in [1.29, 1.82) is 0 Å². The molecule has 14 heteroatoms. The maximum absolute atomic E-state index is 13.6. The molecule has 282 valence electrons. The van der Waals surface area contributed by atoms with Gasteiger partial charge in [-0.05, 0) is 98.5 Å². The first kappa shape index (κ1) is 40.2. The van der Waals surface area contributed by atoms with Crippen molar-refractivity contribution in [1.82, 2.24) is 25.7 Å². The predicted molar refractivity (Wildman–Crippen MR) is 200 cm³/mol. The number of benzene rings is 2. The summed E-state index contributed by atoms with van der Waals surface area (Å²) in [7, 11) is -3.07. The van der Waals surface area contributed by atoms with Crippen molar-refractivity contribution in [2.75, 3.05) is 45.2 Å². The van der Waals surface area contributed by atoms with Crippen LogP contribution in [0.1, 0.15) is 71.4 Å². The Balaban J connectivity index is 1.28. The minimum absolute atomic E-state index is 0.00750. The van der Waals surface area contributed by atoms with Gasteiger partial charge in [-0.15, -0.1) is 0 Å². The van der Waals surface area contributed by atoms with Crippen LogP contribution >= 0.6 is 0 Å². The van der Waals surface area contributed by atoms with E-state index in [0.29, 0.717) is 54.4 Å². The van der Waals surface area contributed by atoms with Crippen molar-refractivity contribution in [2.24, 2.45) is 0 Å². The lowest BCUT2D eigenvalue weighted by Gasteiger charge is -2.20. The average Bonchev–Trinajstić information content (AvgIpc) is 3.12. The van der Waals surface area contributed by atoms with E-state index in [9.17, 15) is 22.8 Å². The highest BCUT2D eigenvalue weighted by Gasteiger charge is 2.29. The molecule has 4 rings (SSSR count). The molecule has 0 unspecified atom stereocenters. The van der Waals surface area contributed by atoms with E-state index in [-0.39, 0.29) is 24.0 Å². The maximum atomic E-state index is 13.6. The highest BCUT2D eigenvalue weighted by atomic mass is 32.2. The van der Waals surface area contributed by atoms with E-state index in [4.69, 9.17) is 14.5 Å². The molecule has 2 heterocycles. The summed E-state index contributed by atoms with van der Waals surface area (Å²) >= 11 is 0. The van der Waals surface area contributed by atoms with E-state index >= 15 is 0 Å². The number of esters is 1. The van der Waals surface area contributed by atoms with Gasteiger partial charge < -0.3 is 30.7 Å². The molecule has 1 aliphatic heterocycles. The summed E-state index contributed by atoms with van der Waals surface area (Å²) in [4.78, 5) is 42.4. The van der Waals surface area contributed by atoms with Crippen molar-refractivity contribution in [2.45, 2.75) is 83.2 Å². The van der Waals surface area contributed by atoms with Crippen LogP contribution < -0.4 is 30.7 Å². The number of rotatable bonds is 19. The molecule has 1 atom stereocenters. The number of nitrogens with one attached hydrogen (secondary N) is 5. The van der Waals surface area contributed by atoms with E-state index in [1.807, 2.05) is 26.0 Å². The van der Waals surface area contributed by atoms with Gasteiger partial charge in [0.2, 0.25) is 15.9 Å². The second-order valence-electron chi connectivity index (χ2n) is 13.2. The van der Waals surface area contributed by atoms with Gasteiger partial charge in [-0.1, -0.05) is 32.0 Å². The first-order chi connectivity index (χ1) is 24.9. The molecule has 0 saturated heterocycles. The quantitative estimate of drug-likeness (QED) is 0.0907. The Morgan fingerprint density at radius 1 is 0.962 bits per heavy atom. The highest BCUT2D eigenvalue weighted by Crippen LogP contribution is 2.26. The number of carbonyl (C=O) groups excluding carboxylic acids is 3. The van der Waals surface area contributed by atoms with Crippen molar-refractivity contribution >= 4 is 33.6 Å². The third kappa shape index (κ3) is 12.0. The van der Waals surface area contributed by atoms with E-state index in [1.54, 1.807) is 38.1 Å². The van der Waals surface area contributed by atoms with Gasteiger partial charge in [0.25, 0.3) is 5.91 Å². The lowest BCUT2D eigenvalue weighted by atomic mass is 10.0. The van der Waals surface area contributed by atoms with Gasteiger partial charge in [-0.2, -0.15) is 4.72 Å². The molecule has 5 N–H and O–H groups in total. The molecule has 2 aromatic carbocycles. The topological polar surface area (TPSA) is 177 Å². The number of methoxy groups -OCH3 is 1. The lowest BCUT2D eigenvalue weighted by Crippen LogP contribution is -2.49. The third-order valence-electron chi connectivity index (χ3n) is 8.61. The summed E-state index contributed by atoms with van der Waals surface area (Å²) in [6.07, 6.45) is 4.46. The molecule has 3 aromatic rings. The SMILES string of the molecule is COC(=O)[C@@H](CNC(=O)c1ccc(CCc2ccc3c(n2)NCCC3)cc1)NS(=O)(=O)c1c(C)cc(OCCCC(=O)NCCNC(C)C)cc1C. The molecule has 0 spiro atoms. The number of pyridine rings is 1. The summed E-state index contributed by atoms with van der Waals surface area (Å²) in [5.74, 6) is 0.0577. The number of carbonyl (C=O) groups is 3. The molecule has 13 nitrogen and oxygen atoms in total. The number of hydrogen-bond donors (Lipinski definition) is 5. The largest absolute Gasteiger partial charge is 0.494 e. The van der Waals surface area contributed by atoms with Crippen molar-refractivity contribution in [3.05, 3.63) is 82.0 Å². The standard InChI is InChI=1S/C38H52N6O7S/c1-25(2)39-19-20-40-34(45)9-7-21-51-32-22-26(3)35(27(4)23-32)52(48,49)44-33(38(47)50-5)24-42-37(46)30-13-10-28(11-14-30)12-16-31-17-15-29-8-6-18-41-36(29)43-31/h10-11,13-15,17,22-23,25,33,39,44H,6-9,12,16,18-21,24H2,1-5H3,(H,40,45)(H,41,43)(H,42,46)/t33-/m1/s1. The predicted octanol–water partition coefficient (Wildman–Crippen LogP) is 3.36. The highest BCUT2D eigenvalue weighted by molar-refractivity contribution is 7.89. The summed E-state index contributed by atoms with van der Waals surface area (Å²) in [6, 6.07) is 13.5. The van der Waals surface area contributed by atoms with Gasteiger partial charge in [0.15, 0.2) is 0 Å². The van der Waals surface area contributed by atoms with E-state index in [0.717, 1.165) is 56.4 Å². The van der Waals surface area contributed by atoms with Gasteiger partial charge in [0.1, 0.15) is 17.6 Å². The Hall–Kier alpha value is -4.53. The summed E-state index contributed by atoms with van der Waals surface area (Å²) < 4.78 is 40.2. The molecule has 1 aliphatic rings. The molecule has 0 aliphatic carbocycles. The molecule has 2 amide bonds. The fourth-order valence-corrected chi connectivity index (χ4v) is 7.59. The Kier molecular flexibility index (Phi) is 15.0. The van der Waals surface area contributed by atoms with Crippen LogP contribution in [-0.2, 0) is 43.6 Å². The Morgan fingerprint density at radius 2 is 1.69 bits per heavy atom. The van der Waals surface area contributed by atoms with Crippen molar-refractivity contribution in [3.8, 4) is 5.75 Å². The lowest BCUT2D eigenvalue weighted by molar-refractivity contribution is -0.142. The Labute approximate surface area is 307 Å². The van der Waals surface area contributed by atoms with Crippen molar-refractivity contribution in [3.63, 3.8) is 0 Å².